The molecular weight excluding hydrogens is 248 g/mol. The van der Waals surface area contributed by atoms with E-state index in [-0.39, 0.29) is 13.2 Å². The minimum Gasteiger partial charge on any atom is -0.396 e. The van der Waals surface area contributed by atoms with E-state index >= 15 is 0 Å². The highest BCUT2D eigenvalue weighted by Gasteiger charge is 2.18. The zero-order chi connectivity index (χ0) is 15.4. The van der Waals surface area contributed by atoms with Gasteiger partial charge in [0.25, 0.3) is 0 Å². The molecule has 0 bridgehead atoms. The Morgan fingerprint density at radius 2 is 1.35 bits per heavy atom. The van der Waals surface area contributed by atoms with Gasteiger partial charge in [-0.1, -0.05) is 25.2 Å². The van der Waals surface area contributed by atoms with Gasteiger partial charge in [0, 0.05) is 13.2 Å². The van der Waals surface area contributed by atoms with E-state index in [0.717, 1.165) is 32.1 Å². The van der Waals surface area contributed by atoms with Gasteiger partial charge in [-0.25, -0.2) is 0 Å². The molecule has 20 heavy (non-hydrogen) atoms. The van der Waals surface area contributed by atoms with Crippen molar-refractivity contribution < 1.29 is 10.2 Å². The maximum atomic E-state index is 9.04. The summed E-state index contributed by atoms with van der Waals surface area (Å²) in [6.07, 6.45) is 10.7. The first kappa shape index (κ1) is 19.1. The average molecular weight is 280 g/mol. The number of allylic oxidation sites excluding steroid dienone is 3. The van der Waals surface area contributed by atoms with E-state index in [9.17, 15) is 0 Å². The number of hydrogen-bond acceptors (Lipinski definition) is 2. The van der Waals surface area contributed by atoms with Crippen LogP contribution in [0.2, 0.25) is 0 Å². The predicted octanol–water partition coefficient (Wildman–Crippen LogP) is 3.96. The summed E-state index contributed by atoms with van der Waals surface area (Å²) < 4.78 is 0. The SMILES string of the molecule is C=CC(CCO)CCC(C=C)C(C)CC(C=C)CCO. The summed E-state index contributed by atoms with van der Waals surface area (Å²) in [6, 6.07) is 0. The predicted molar refractivity (Wildman–Crippen MR) is 87.5 cm³/mol. The van der Waals surface area contributed by atoms with Crippen molar-refractivity contribution in [3.05, 3.63) is 38.0 Å². The highest BCUT2D eigenvalue weighted by molar-refractivity contribution is 4.89. The molecule has 0 aliphatic rings. The molecule has 0 rings (SSSR count). The standard InChI is InChI=1S/C18H32O2/c1-5-16(10-12-19)8-9-18(7-3)15(4)14-17(6-2)11-13-20/h5-7,15-20H,1-3,8-14H2,4H3. The van der Waals surface area contributed by atoms with Crippen LogP contribution in [0.1, 0.15) is 39.0 Å². The van der Waals surface area contributed by atoms with Crippen LogP contribution >= 0.6 is 0 Å². The van der Waals surface area contributed by atoms with Gasteiger partial charge in [0.15, 0.2) is 0 Å². The van der Waals surface area contributed by atoms with E-state index in [1.807, 2.05) is 18.2 Å². The molecule has 0 saturated heterocycles. The van der Waals surface area contributed by atoms with Gasteiger partial charge in [0.1, 0.15) is 0 Å². The van der Waals surface area contributed by atoms with Crippen molar-refractivity contribution in [3.8, 4) is 0 Å². The van der Waals surface area contributed by atoms with Crippen molar-refractivity contribution in [2.45, 2.75) is 39.0 Å². The second-order valence-electron chi connectivity index (χ2n) is 5.71. The van der Waals surface area contributed by atoms with Gasteiger partial charge in [-0.2, -0.15) is 0 Å². The van der Waals surface area contributed by atoms with Crippen LogP contribution in [0.4, 0.5) is 0 Å². The van der Waals surface area contributed by atoms with Crippen molar-refractivity contribution in [2.24, 2.45) is 23.7 Å². The van der Waals surface area contributed by atoms with Crippen LogP contribution in [-0.2, 0) is 0 Å². The molecule has 4 unspecified atom stereocenters. The second-order valence-corrected chi connectivity index (χ2v) is 5.71. The molecule has 0 aliphatic carbocycles. The highest BCUT2D eigenvalue weighted by Crippen LogP contribution is 2.29. The molecule has 0 radical (unpaired) electrons. The summed E-state index contributed by atoms with van der Waals surface area (Å²) in [5.41, 5.74) is 0. The lowest BCUT2D eigenvalue weighted by Crippen LogP contribution is -2.15. The third-order valence-corrected chi connectivity index (χ3v) is 4.25. The van der Waals surface area contributed by atoms with Crippen molar-refractivity contribution in [1.29, 1.82) is 0 Å². The Morgan fingerprint density at radius 3 is 1.80 bits per heavy atom. The minimum atomic E-state index is 0.219. The molecule has 0 amide bonds. The third kappa shape index (κ3) is 7.66. The molecule has 0 saturated carbocycles. The fraction of sp³-hybridized carbons (Fsp3) is 0.667. The summed E-state index contributed by atoms with van der Waals surface area (Å²) in [5, 5.41) is 18.0. The molecular formula is C18H32O2. The van der Waals surface area contributed by atoms with E-state index in [1.54, 1.807) is 0 Å². The number of aliphatic hydroxyl groups excluding tert-OH is 2. The number of rotatable bonds is 13. The Morgan fingerprint density at radius 1 is 0.800 bits per heavy atom. The number of hydrogen-bond donors (Lipinski definition) is 2. The molecule has 0 heterocycles. The summed E-state index contributed by atoms with van der Waals surface area (Å²) in [4.78, 5) is 0. The van der Waals surface area contributed by atoms with Crippen LogP contribution in [0.25, 0.3) is 0 Å². The van der Waals surface area contributed by atoms with Gasteiger partial charge in [-0.05, 0) is 55.8 Å². The second kappa shape index (κ2) is 11.9. The first-order chi connectivity index (χ1) is 9.62. The molecule has 0 spiro atoms. The van der Waals surface area contributed by atoms with Gasteiger partial charge in [-0.3, -0.25) is 0 Å². The molecule has 116 valence electrons. The average Bonchev–Trinajstić information content (AvgIpc) is 2.46. The van der Waals surface area contributed by atoms with Crippen LogP contribution in [0.3, 0.4) is 0 Å². The highest BCUT2D eigenvalue weighted by atomic mass is 16.3. The van der Waals surface area contributed by atoms with Crippen LogP contribution in [0.5, 0.6) is 0 Å². The summed E-state index contributed by atoms with van der Waals surface area (Å²) in [6.45, 7) is 14.3. The lowest BCUT2D eigenvalue weighted by Gasteiger charge is -2.25. The quantitative estimate of drug-likeness (QED) is 0.501. The zero-order valence-corrected chi connectivity index (χ0v) is 13.0. The molecule has 0 aromatic rings. The lowest BCUT2D eigenvalue weighted by atomic mass is 9.81. The molecule has 2 heteroatoms. The largest absolute Gasteiger partial charge is 0.396 e. The first-order valence-corrected chi connectivity index (χ1v) is 7.72. The Labute approximate surface area is 124 Å². The molecule has 0 fully saturated rings. The van der Waals surface area contributed by atoms with Gasteiger partial charge < -0.3 is 10.2 Å². The van der Waals surface area contributed by atoms with Crippen LogP contribution in [0.15, 0.2) is 38.0 Å². The topological polar surface area (TPSA) is 40.5 Å². The summed E-state index contributed by atoms with van der Waals surface area (Å²) >= 11 is 0. The third-order valence-electron chi connectivity index (χ3n) is 4.25. The minimum absolute atomic E-state index is 0.219. The fourth-order valence-electron chi connectivity index (χ4n) is 2.74. The summed E-state index contributed by atoms with van der Waals surface area (Å²) in [5.74, 6) is 1.77. The van der Waals surface area contributed by atoms with E-state index in [0.29, 0.717) is 23.7 Å². The molecule has 0 aromatic heterocycles. The van der Waals surface area contributed by atoms with Gasteiger partial charge in [0.05, 0.1) is 0 Å². The Kier molecular flexibility index (Phi) is 11.4. The summed E-state index contributed by atoms with van der Waals surface area (Å²) in [7, 11) is 0. The van der Waals surface area contributed by atoms with Crippen molar-refractivity contribution in [2.75, 3.05) is 13.2 Å². The number of aliphatic hydroxyl groups is 2. The van der Waals surface area contributed by atoms with Gasteiger partial charge in [-0.15, -0.1) is 19.7 Å². The fourth-order valence-corrected chi connectivity index (χ4v) is 2.74. The Balaban J connectivity index is 4.31. The van der Waals surface area contributed by atoms with Crippen LogP contribution in [-0.4, -0.2) is 23.4 Å². The van der Waals surface area contributed by atoms with E-state index in [4.69, 9.17) is 10.2 Å². The maximum Gasteiger partial charge on any atom is 0.0436 e. The van der Waals surface area contributed by atoms with E-state index < -0.39 is 0 Å². The molecule has 0 aromatic carbocycles. The molecule has 0 aliphatic heterocycles. The van der Waals surface area contributed by atoms with Gasteiger partial charge >= 0.3 is 0 Å². The van der Waals surface area contributed by atoms with Crippen molar-refractivity contribution in [3.63, 3.8) is 0 Å². The molecule has 2 nitrogen and oxygen atoms in total. The van der Waals surface area contributed by atoms with E-state index in [2.05, 4.69) is 26.7 Å². The zero-order valence-electron chi connectivity index (χ0n) is 13.0. The Bertz CT molecular complexity index is 273. The van der Waals surface area contributed by atoms with Crippen molar-refractivity contribution in [1.82, 2.24) is 0 Å². The van der Waals surface area contributed by atoms with Crippen LogP contribution < -0.4 is 0 Å². The van der Waals surface area contributed by atoms with Gasteiger partial charge in [0.2, 0.25) is 0 Å². The maximum absolute atomic E-state index is 9.04. The van der Waals surface area contributed by atoms with Crippen LogP contribution in [0, 0.1) is 23.7 Å². The van der Waals surface area contributed by atoms with Crippen molar-refractivity contribution >= 4 is 0 Å². The molecule has 4 atom stereocenters. The normalized spacial score (nSPS) is 16.9. The van der Waals surface area contributed by atoms with E-state index in [1.165, 1.54) is 0 Å². The lowest BCUT2D eigenvalue weighted by molar-refractivity contribution is 0.241. The Hall–Kier alpha value is -0.860. The monoisotopic (exact) mass is 280 g/mol. The smallest absolute Gasteiger partial charge is 0.0436 e. The molecule has 2 N–H and O–H groups in total. The first-order valence-electron chi connectivity index (χ1n) is 7.72.